The maximum atomic E-state index is 12.9. The van der Waals surface area contributed by atoms with Crippen molar-refractivity contribution < 1.29 is 112 Å². The van der Waals surface area contributed by atoms with E-state index in [1.54, 1.807) is 0 Å². The van der Waals surface area contributed by atoms with Crippen molar-refractivity contribution in [2.24, 2.45) is 32.9 Å². The number of hydrogen-bond donors (Lipinski definition) is 14. The number of nitrogens with one attached hydrogen (secondary N) is 4. The van der Waals surface area contributed by atoms with Crippen molar-refractivity contribution in [3.8, 4) is 12.3 Å². The number of nitrogens with zero attached hydrogens (tertiary/aromatic N) is 2. The highest BCUT2D eigenvalue weighted by molar-refractivity contribution is 5.85. The fourth-order valence-corrected chi connectivity index (χ4v) is 6.78. The van der Waals surface area contributed by atoms with Crippen LogP contribution in [0.15, 0.2) is 33.7 Å². The van der Waals surface area contributed by atoms with E-state index in [9.17, 15) is 59.4 Å². The van der Waals surface area contributed by atoms with E-state index in [4.69, 9.17) is 81.6 Å². The summed E-state index contributed by atoms with van der Waals surface area (Å²) >= 11 is 0. The molecule has 2 aliphatic rings. The minimum Gasteiger partial charge on any atom is -0.480 e. The highest BCUT2D eigenvalue weighted by Gasteiger charge is 2.45. The number of carboxylic acid groups (broad SMARTS) is 2. The van der Waals surface area contributed by atoms with Gasteiger partial charge in [-0.05, 0) is 12.2 Å². The largest absolute Gasteiger partial charge is 0.480 e. The zero-order chi connectivity index (χ0) is 56.4. The minimum atomic E-state index is -1.79. The molecule has 0 aromatic carbocycles. The summed E-state index contributed by atoms with van der Waals surface area (Å²) in [5, 5.41) is 67.3. The number of hydroxylamine groups is 1. The topological polar surface area (TPSA) is 502 Å². The number of amides is 4. The van der Waals surface area contributed by atoms with Crippen LogP contribution in [0.4, 0.5) is 9.59 Å². The first-order chi connectivity index (χ1) is 36.3. The second kappa shape index (κ2) is 37.0. The highest BCUT2D eigenvalue weighted by atomic mass is 16.8. The summed E-state index contributed by atoms with van der Waals surface area (Å²) in [5.74, 6) is -3.91. The van der Waals surface area contributed by atoms with Crippen LogP contribution in [0.5, 0.6) is 0 Å². The predicted molar refractivity (Wildman–Crippen MR) is 256 cm³/mol. The molecule has 76 heavy (non-hydrogen) atoms. The molecular formula is C43H70N10O23. The molecule has 430 valence electrons. The van der Waals surface area contributed by atoms with E-state index in [2.05, 4.69) is 31.9 Å². The SMILES string of the molecule is C#CCOCCOCCOCCOCCC(=O)N[C@@H](CCOC(=O)NOCO[C@@H]([C@@H]1OC(C(=O)O)=C[C@H](N=C(N)N)[C@H]1NC(C)=O)[C@H](O)CO)COC(=O)NCCO[C@H]([C@H](O)CO)[C@H]1C[C@@H](N=C(N)N)C=C(C(=O)O)O1. The van der Waals surface area contributed by atoms with Crippen molar-refractivity contribution in [3.05, 3.63) is 23.7 Å². The van der Waals surface area contributed by atoms with Crippen LogP contribution in [0.25, 0.3) is 0 Å². The number of nitrogens with two attached hydrogens (primary N) is 4. The molecule has 0 unspecified atom stereocenters. The van der Waals surface area contributed by atoms with Crippen LogP contribution in [-0.2, 0) is 71.4 Å². The van der Waals surface area contributed by atoms with Crippen molar-refractivity contribution in [2.75, 3.05) is 99.2 Å². The lowest BCUT2D eigenvalue weighted by Gasteiger charge is -2.40. The number of terminal acetylenes is 1. The molecule has 0 spiro atoms. The highest BCUT2D eigenvalue weighted by Crippen LogP contribution is 2.27. The summed E-state index contributed by atoms with van der Waals surface area (Å²) in [6.07, 6.45) is -4.35. The van der Waals surface area contributed by atoms with Crippen molar-refractivity contribution in [1.82, 2.24) is 21.4 Å². The number of guanidine groups is 2. The molecule has 0 aromatic rings. The van der Waals surface area contributed by atoms with Gasteiger partial charge in [0.2, 0.25) is 23.3 Å². The number of carbonyl (C=O) groups is 6. The molecule has 2 heterocycles. The Morgan fingerprint density at radius 2 is 1.38 bits per heavy atom. The molecule has 33 heteroatoms. The number of aliphatic carboxylic acids is 2. The molecule has 2 rings (SSSR count). The lowest BCUT2D eigenvalue weighted by Crippen LogP contribution is -2.60. The first kappa shape index (κ1) is 65.3. The van der Waals surface area contributed by atoms with Crippen molar-refractivity contribution >= 4 is 47.9 Å². The van der Waals surface area contributed by atoms with E-state index in [1.807, 2.05) is 5.48 Å². The van der Waals surface area contributed by atoms with Gasteiger partial charge in [0.25, 0.3) is 0 Å². The number of alkyl carbamates (subject to hydrolysis) is 1. The van der Waals surface area contributed by atoms with Gasteiger partial charge in [0.05, 0.1) is 96.8 Å². The number of ether oxygens (including phenoxy) is 10. The number of carboxylic acids is 2. The average Bonchev–Trinajstić information content (AvgIpc) is 3.36. The fourth-order valence-electron chi connectivity index (χ4n) is 6.78. The van der Waals surface area contributed by atoms with Crippen LogP contribution in [0.1, 0.15) is 26.2 Å². The van der Waals surface area contributed by atoms with Crippen molar-refractivity contribution in [3.63, 3.8) is 0 Å². The molecule has 18 N–H and O–H groups in total. The summed E-state index contributed by atoms with van der Waals surface area (Å²) in [4.78, 5) is 86.8. The van der Waals surface area contributed by atoms with Gasteiger partial charge in [-0.1, -0.05) is 5.92 Å². The number of hydrogen-bond acceptors (Lipinski definition) is 23. The van der Waals surface area contributed by atoms with Crippen LogP contribution >= 0.6 is 0 Å². The van der Waals surface area contributed by atoms with E-state index in [0.29, 0.717) is 19.8 Å². The van der Waals surface area contributed by atoms with Crippen LogP contribution in [0.3, 0.4) is 0 Å². The molecule has 0 aliphatic carbocycles. The zero-order valence-corrected chi connectivity index (χ0v) is 41.6. The van der Waals surface area contributed by atoms with E-state index < -0.39 is 147 Å². The van der Waals surface area contributed by atoms with Gasteiger partial charge in [0.1, 0.15) is 43.7 Å². The standard InChI is InChI=1S/C43H70N10O23/c1-3-7-66-11-13-68-15-16-69-14-12-67-8-5-33(59)50-25(22-72-42(64)48-6-10-70-35(28(57)20-54)30-17-26(51-40(44)45)18-31(75-30)38(60)61)4-9-71-43(65)53-74-23-73-36(29(58)21-55)37-34(49-24(2)56)27(52-41(46)47)19-32(76-37)39(62)63/h1,18-19,25-30,34-37,54-55,57-58H,4-17,20-23H2,2H3,(H,48,64)(H,49,56)(H,50,59)(H,53,65)(H,60,61)(H,62,63)(H4,44,45,51)(H4,46,47,52)/t25-,26+,27-,28+,29+,30+,34+,35+,36+,37+/m0/s1. The van der Waals surface area contributed by atoms with E-state index >= 15 is 0 Å². The summed E-state index contributed by atoms with van der Waals surface area (Å²) in [6, 6.07) is -4.36. The Kier molecular flexibility index (Phi) is 31.8. The summed E-state index contributed by atoms with van der Waals surface area (Å²) in [5.41, 5.74) is 23.8. The first-order valence-corrected chi connectivity index (χ1v) is 23.3. The first-order valence-electron chi connectivity index (χ1n) is 23.3. The van der Waals surface area contributed by atoms with Gasteiger partial charge in [-0.3, -0.25) is 9.59 Å². The maximum Gasteiger partial charge on any atom is 0.431 e. The molecule has 0 radical (unpaired) electrons. The van der Waals surface area contributed by atoms with Crippen molar-refractivity contribution in [1.29, 1.82) is 0 Å². The summed E-state index contributed by atoms with van der Waals surface area (Å²) in [6.45, 7) is -1.21. The summed E-state index contributed by atoms with van der Waals surface area (Å²) in [7, 11) is 0. The quantitative estimate of drug-likeness (QED) is 0.00683. The Labute approximate surface area is 435 Å². The van der Waals surface area contributed by atoms with Crippen molar-refractivity contribution in [2.45, 2.75) is 87.0 Å². The van der Waals surface area contributed by atoms with Gasteiger partial charge in [0, 0.05) is 32.7 Å². The minimum absolute atomic E-state index is 0.0312. The molecule has 0 fully saturated rings. The zero-order valence-electron chi connectivity index (χ0n) is 41.6. The Balaban J connectivity index is 2.00. The molecule has 4 amide bonds. The molecule has 0 bridgehead atoms. The lowest BCUT2D eigenvalue weighted by atomic mass is 9.92. The van der Waals surface area contributed by atoms with E-state index in [-0.39, 0.29) is 71.4 Å². The second-order valence-corrected chi connectivity index (χ2v) is 15.9. The number of aliphatic imine (C=N–C) groups is 2. The Bertz CT molecular complexity index is 1980. The average molecular weight is 1100 g/mol. The normalized spacial score (nSPS) is 19.9. The van der Waals surface area contributed by atoms with Crippen LogP contribution in [0.2, 0.25) is 0 Å². The molecular weight excluding hydrogens is 1020 g/mol. The third-order valence-electron chi connectivity index (χ3n) is 10.0. The molecule has 10 atom stereocenters. The third kappa shape index (κ3) is 26.6. The molecule has 33 nitrogen and oxygen atoms in total. The monoisotopic (exact) mass is 1090 g/mol. The molecule has 0 saturated heterocycles. The van der Waals surface area contributed by atoms with Crippen LogP contribution in [0, 0.1) is 12.3 Å². The number of aliphatic hydroxyl groups excluding tert-OH is 4. The molecule has 0 saturated carbocycles. The maximum absolute atomic E-state index is 12.9. The van der Waals surface area contributed by atoms with E-state index in [0.717, 1.165) is 19.1 Å². The third-order valence-corrected chi connectivity index (χ3v) is 10.0. The van der Waals surface area contributed by atoms with Gasteiger partial charge in [-0.25, -0.2) is 34.0 Å². The molecule has 0 aromatic heterocycles. The number of aliphatic hydroxyl groups is 4. The predicted octanol–water partition coefficient (Wildman–Crippen LogP) is -6.32. The van der Waals surface area contributed by atoms with Gasteiger partial charge in [0.15, 0.2) is 24.8 Å². The number of carbonyl (C=O) groups excluding carboxylic acids is 4. The second-order valence-electron chi connectivity index (χ2n) is 15.9. The Morgan fingerprint density at radius 1 is 0.776 bits per heavy atom. The Morgan fingerprint density at radius 3 is 1.97 bits per heavy atom. The fraction of sp³-hybridized carbons (Fsp3) is 0.674. The molecule has 2 aliphatic heterocycles. The van der Waals surface area contributed by atoms with Gasteiger partial charge >= 0.3 is 24.1 Å². The van der Waals surface area contributed by atoms with Gasteiger partial charge < -0.3 is 117 Å². The van der Waals surface area contributed by atoms with Crippen LogP contribution in [-0.4, -0.2) is 239 Å². The summed E-state index contributed by atoms with van der Waals surface area (Å²) < 4.78 is 53.9. The lowest BCUT2D eigenvalue weighted by molar-refractivity contribution is -0.192. The van der Waals surface area contributed by atoms with Gasteiger partial charge in [-0.15, -0.1) is 6.42 Å². The smallest absolute Gasteiger partial charge is 0.431 e. The van der Waals surface area contributed by atoms with Crippen LogP contribution < -0.4 is 44.4 Å². The van der Waals surface area contributed by atoms with Gasteiger partial charge in [-0.2, -0.15) is 5.48 Å². The Hall–Kier alpha value is -6.84. The van der Waals surface area contributed by atoms with E-state index in [1.165, 1.54) is 0 Å². The number of rotatable bonds is 38.